The number of carbonyl (C=O) groups excluding carboxylic acids is 1. The number of likely N-dealkylation sites (tertiary alicyclic amines) is 1. The maximum atomic E-state index is 14.2. The first-order valence-electron chi connectivity index (χ1n) is 13.3. The monoisotopic (exact) mass is 549 g/mol. The zero-order valence-corrected chi connectivity index (χ0v) is 23.9. The van der Waals surface area contributed by atoms with Gasteiger partial charge in [-0.25, -0.2) is 9.37 Å². The molecule has 1 aromatic carbocycles. The van der Waals surface area contributed by atoms with E-state index < -0.39 is 5.82 Å². The van der Waals surface area contributed by atoms with Crippen LogP contribution < -0.4 is 15.4 Å². The van der Waals surface area contributed by atoms with Crippen LogP contribution in [-0.2, 0) is 0 Å². The fraction of sp³-hybridized carbons (Fsp3) is 0.630. The molecule has 9 nitrogen and oxygen atoms in total. The number of anilines is 1. The lowest BCUT2D eigenvalue weighted by Gasteiger charge is -2.52. The van der Waals surface area contributed by atoms with Gasteiger partial charge >= 0.3 is 0 Å². The van der Waals surface area contributed by atoms with Gasteiger partial charge in [-0.2, -0.15) is 0 Å². The van der Waals surface area contributed by atoms with Gasteiger partial charge in [0, 0.05) is 50.2 Å². The Morgan fingerprint density at radius 1 is 1.24 bits per heavy atom. The first-order chi connectivity index (χ1) is 17.7. The Bertz CT molecular complexity index is 1100. The van der Waals surface area contributed by atoms with E-state index in [1.807, 2.05) is 20.8 Å². The number of amides is 1. The Morgan fingerprint density at radius 3 is 2.61 bits per heavy atom. The molecule has 2 aliphatic rings. The predicted octanol–water partition coefficient (Wildman–Crippen LogP) is 3.98. The minimum Gasteiger partial charge on any atom is -0.434 e. The second kappa shape index (κ2) is 12.5. The van der Waals surface area contributed by atoms with Gasteiger partial charge < -0.3 is 20.3 Å². The number of ether oxygens (including phenoxy) is 1. The molecule has 1 spiro atoms. The Kier molecular flexibility index (Phi) is 9.89. The zero-order valence-electron chi connectivity index (χ0n) is 23.1. The van der Waals surface area contributed by atoms with Gasteiger partial charge in [-0.05, 0) is 64.3 Å². The third-order valence-corrected chi connectivity index (χ3v) is 7.69. The van der Waals surface area contributed by atoms with Crippen molar-refractivity contribution in [3.8, 4) is 11.6 Å². The highest BCUT2D eigenvalue weighted by atomic mass is 35.5. The van der Waals surface area contributed by atoms with Gasteiger partial charge in [-0.3, -0.25) is 9.69 Å². The van der Waals surface area contributed by atoms with Crippen molar-refractivity contribution in [3.63, 3.8) is 0 Å². The standard InChI is InChI=1S/C27H40FN7O2.ClH/c1-6-35(19(4)5)26(36)21-13-20(28)7-8-23(21)37-25-24(30-17-31-32-25)33-12-10-27(14-33)15-34(16-27)22(9-11-29)18(2)3;/h7-8,13,17-19,22H,6,9-12,14-16,29H2,1-5H3;1H/t22-;/m0./s1. The molecule has 3 heterocycles. The van der Waals surface area contributed by atoms with Crippen molar-refractivity contribution >= 4 is 24.1 Å². The van der Waals surface area contributed by atoms with E-state index in [1.54, 1.807) is 4.90 Å². The summed E-state index contributed by atoms with van der Waals surface area (Å²) in [6, 6.07) is 4.43. The molecule has 11 heteroatoms. The van der Waals surface area contributed by atoms with E-state index >= 15 is 0 Å². The number of aromatic nitrogens is 3. The van der Waals surface area contributed by atoms with Crippen LogP contribution in [0, 0.1) is 17.2 Å². The quantitative estimate of drug-likeness (QED) is 0.475. The van der Waals surface area contributed by atoms with Gasteiger partial charge in [0.25, 0.3) is 11.8 Å². The molecule has 210 valence electrons. The van der Waals surface area contributed by atoms with E-state index in [0.29, 0.717) is 30.9 Å². The van der Waals surface area contributed by atoms with Crippen LogP contribution in [0.1, 0.15) is 57.8 Å². The third kappa shape index (κ3) is 6.18. The van der Waals surface area contributed by atoms with Gasteiger partial charge in [0.1, 0.15) is 17.9 Å². The summed E-state index contributed by atoms with van der Waals surface area (Å²) in [5.41, 5.74) is 6.23. The summed E-state index contributed by atoms with van der Waals surface area (Å²) >= 11 is 0. The number of hydrogen-bond donors (Lipinski definition) is 1. The second-order valence-corrected chi connectivity index (χ2v) is 11.0. The Balaban J connectivity index is 0.00000400. The van der Waals surface area contributed by atoms with Crippen molar-refractivity contribution in [2.75, 3.05) is 44.2 Å². The number of nitrogens with zero attached hydrogens (tertiary/aromatic N) is 6. The number of hydrogen-bond acceptors (Lipinski definition) is 8. The lowest BCUT2D eigenvalue weighted by Crippen LogP contribution is -2.62. The van der Waals surface area contributed by atoms with Gasteiger partial charge in [-0.15, -0.1) is 22.6 Å². The average Bonchev–Trinajstić information content (AvgIpc) is 3.29. The molecule has 2 saturated heterocycles. The summed E-state index contributed by atoms with van der Waals surface area (Å²) < 4.78 is 20.3. The Morgan fingerprint density at radius 2 is 1.97 bits per heavy atom. The molecule has 0 bridgehead atoms. The van der Waals surface area contributed by atoms with E-state index in [9.17, 15) is 9.18 Å². The molecule has 38 heavy (non-hydrogen) atoms. The number of carbonyl (C=O) groups is 1. The van der Waals surface area contributed by atoms with Crippen molar-refractivity contribution in [1.29, 1.82) is 0 Å². The van der Waals surface area contributed by atoms with Crippen molar-refractivity contribution in [1.82, 2.24) is 25.0 Å². The molecule has 0 radical (unpaired) electrons. The van der Waals surface area contributed by atoms with Crippen LogP contribution in [0.4, 0.5) is 10.2 Å². The zero-order chi connectivity index (χ0) is 26.7. The molecule has 2 N–H and O–H groups in total. The fourth-order valence-electron chi connectivity index (χ4n) is 5.83. The number of halogens is 2. The molecule has 1 atom stereocenters. The summed E-state index contributed by atoms with van der Waals surface area (Å²) in [6.07, 6.45) is 3.47. The van der Waals surface area contributed by atoms with E-state index in [2.05, 4.69) is 38.8 Å². The van der Waals surface area contributed by atoms with Crippen molar-refractivity contribution < 1.29 is 13.9 Å². The van der Waals surface area contributed by atoms with Crippen LogP contribution in [0.5, 0.6) is 11.6 Å². The van der Waals surface area contributed by atoms with E-state index in [-0.39, 0.29) is 47.0 Å². The third-order valence-electron chi connectivity index (χ3n) is 7.69. The fourth-order valence-corrected chi connectivity index (χ4v) is 5.83. The van der Waals surface area contributed by atoms with Crippen LogP contribution in [-0.4, -0.2) is 82.2 Å². The van der Waals surface area contributed by atoms with E-state index in [0.717, 1.165) is 39.0 Å². The normalized spacial score (nSPS) is 17.4. The average molecular weight is 550 g/mol. The number of rotatable bonds is 10. The molecular weight excluding hydrogens is 509 g/mol. The van der Waals surface area contributed by atoms with Crippen LogP contribution in [0.15, 0.2) is 24.5 Å². The largest absolute Gasteiger partial charge is 0.434 e. The molecule has 2 aromatic rings. The molecular formula is C27H41ClFN7O2. The van der Waals surface area contributed by atoms with Gasteiger partial charge in [0.15, 0.2) is 5.82 Å². The number of nitrogens with two attached hydrogens (primary N) is 1. The molecule has 1 aromatic heterocycles. The molecule has 1 amide bonds. The second-order valence-electron chi connectivity index (χ2n) is 11.0. The maximum absolute atomic E-state index is 14.2. The first kappa shape index (κ1) is 30.0. The molecule has 2 fully saturated rings. The lowest BCUT2D eigenvalue weighted by molar-refractivity contribution is -0.0325. The molecule has 4 rings (SSSR count). The summed E-state index contributed by atoms with van der Waals surface area (Å²) in [7, 11) is 0. The van der Waals surface area contributed by atoms with Crippen molar-refractivity contribution in [2.24, 2.45) is 17.1 Å². The minimum atomic E-state index is -0.502. The topological polar surface area (TPSA) is 101 Å². The first-order valence-corrected chi connectivity index (χ1v) is 13.3. The molecule has 0 aliphatic carbocycles. The van der Waals surface area contributed by atoms with Gasteiger partial charge in [-0.1, -0.05) is 13.8 Å². The summed E-state index contributed by atoms with van der Waals surface area (Å²) in [5, 5.41) is 8.13. The summed E-state index contributed by atoms with van der Waals surface area (Å²) in [5.74, 6) is 0.810. The molecule has 0 saturated carbocycles. The van der Waals surface area contributed by atoms with Crippen LogP contribution >= 0.6 is 12.4 Å². The highest BCUT2D eigenvalue weighted by Crippen LogP contribution is 2.44. The van der Waals surface area contributed by atoms with Gasteiger partial charge in [0.2, 0.25) is 0 Å². The Hall–Kier alpha value is -2.56. The van der Waals surface area contributed by atoms with Crippen LogP contribution in [0.3, 0.4) is 0 Å². The van der Waals surface area contributed by atoms with Crippen LogP contribution in [0.25, 0.3) is 0 Å². The smallest absolute Gasteiger partial charge is 0.282 e. The van der Waals surface area contributed by atoms with Crippen molar-refractivity contribution in [3.05, 3.63) is 35.9 Å². The SMILES string of the molecule is CCN(C(=O)c1cc(F)ccc1Oc1nncnc1N1CCC2(C1)CN([C@@H](CCN)C(C)C)C2)C(C)C.Cl. The van der Waals surface area contributed by atoms with Crippen molar-refractivity contribution in [2.45, 2.75) is 59.5 Å². The molecule has 0 unspecified atom stereocenters. The van der Waals surface area contributed by atoms with Crippen LogP contribution in [0.2, 0.25) is 0 Å². The Labute approximate surface area is 231 Å². The highest BCUT2D eigenvalue weighted by Gasteiger charge is 2.50. The predicted molar refractivity (Wildman–Crippen MR) is 149 cm³/mol. The summed E-state index contributed by atoms with van der Waals surface area (Å²) in [6.45, 7) is 15.2. The summed E-state index contributed by atoms with van der Waals surface area (Å²) in [4.78, 5) is 24.1. The number of benzene rings is 1. The highest BCUT2D eigenvalue weighted by molar-refractivity contribution is 5.97. The minimum absolute atomic E-state index is 0. The van der Waals surface area contributed by atoms with Gasteiger partial charge in [0.05, 0.1) is 5.56 Å². The maximum Gasteiger partial charge on any atom is 0.282 e. The van der Waals surface area contributed by atoms with E-state index in [1.165, 1.54) is 24.5 Å². The lowest BCUT2D eigenvalue weighted by atomic mass is 9.76. The molecule has 2 aliphatic heterocycles. The van der Waals surface area contributed by atoms with E-state index in [4.69, 9.17) is 10.5 Å².